The number of carbonyl (C=O) groups is 2. The van der Waals surface area contributed by atoms with Crippen molar-refractivity contribution in [2.24, 2.45) is 16.7 Å². The van der Waals surface area contributed by atoms with Gasteiger partial charge in [0.2, 0.25) is 0 Å². The molecule has 0 aromatic rings. The van der Waals surface area contributed by atoms with Crippen molar-refractivity contribution in [1.29, 1.82) is 0 Å². The molecule has 0 aliphatic heterocycles. The number of hydrogen-bond acceptors (Lipinski definition) is 6. The molecule has 6 nitrogen and oxygen atoms in total. The first-order valence-corrected chi connectivity index (χ1v) is 23.9. The molecule has 0 spiro atoms. The zero-order chi connectivity index (χ0) is 39.6. The van der Waals surface area contributed by atoms with Crippen molar-refractivity contribution in [2.75, 3.05) is 39.5 Å². The Morgan fingerprint density at radius 1 is 0.593 bits per heavy atom. The lowest BCUT2D eigenvalue weighted by Gasteiger charge is -2.24. The zero-order valence-corrected chi connectivity index (χ0v) is 37.0. The molecule has 0 radical (unpaired) electrons. The molecule has 0 amide bonds. The van der Waals surface area contributed by atoms with Gasteiger partial charge < -0.3 is 19.5 Å². The minimum Gasteiger partial charge on any atom is -0.466 e. The third-order valence-electron chi connectivity index (χ3n) is 12.4. The van der Waals surface area contributed by atoms with Crippen LogP contribution in [0, 0.1) is 16.7 Å². The van der Waals surface area contributed by atoms with E-state index >= 15 is 0 Å². The molecule has 54 heavy (non-hydrogen) atoms. The number of aliphatic hydroxyl groups is 1. The maximum atomic E-state index is 12.7. The van der Waals surface area contributed by atoms with Gasteiger partial charge in [0.05, 0.1) is 18.6 Å². The molecule has 0 saturated heterocycles. The fourth-order valence-corrected chi connectivity index (χ4v) is 8.13. The summed E-state index contributed by atoms with van der Waals surface area (Å²) in [7, 11) is 0. The monoisotopic (exact) mass is 764 g/mol. The average Bonchev–Trinajstić information content (AvgIpc) is 3.94. The second-order valence-corrected chi connectivity index (χ2v) is 18.1. The summed E-state index contributed by atoms with van der Waals surface area (Å²) in [5.41, 5.74) is -0.0171. The van der Waals surface area contributed by atoms with Crippen LogP contribution in [0.1, 0.15) is 240 Å². The van der Waals surface area contributed by atoms with Crippen LogP contribution in [0.15, 0.2) is 0 Å². The van der Waals surface area contributed by atoms with E-state index < -0.39 is 5.41 Å². The molecule has 320 valence electrons. The van der Waals surface area contributed by atoms with Crippen molar-refractivity contribution in [3.05, 3.63) is 0 Å². The van der Waals surface area contributed by atoms with Gasteiger partial charge in [-0.3, -0.25) is 9.59 Å². The SMILES string of the molecule is CCCCCCCCCOC(=O)C(C)(C)CCCCCCN(CCCCO)CCCCC1(CCC(=O)OCCC(CCCCCC)CCCCCC)CC1. The number of unbranched alkanes of at least 4 members (excludes halogenated alkanes) is 17. The van der Waals surface area contributed by atoms with Crippen molar-refractivity contribution >= 4 is 11.9 Å². The van der Waals surface area contributed by atoms with E-state index in [0.717, 1.165) is 77.4 Å². The molecule has 1 rings (SSSR count). The summed E-state index contributed by atoms with van der Waals surface area (Å²) >= 11 is 0. The second kappa shape index (κ2) is 33.9. The lowest BCUT2D eigenvalue weighted by Crippen LogP contribution is -2.28. The first-order valence-electron chi connectivity index (χ1n) is 23.9. The molecule has 0 aromatic carbocycles. The molecular formula is C48H93NO5. The lowest BCUT2D eigenvalue weighted by molar-refractivity contribution is -0.154. The van der Waals surface area contributed by atoms with Crippen LogP contribution in [0.3, 0.4) is 0 Å². The van der Waals surface area contributed by atoms with Crippen molar-refractivity contribution in [2.45, 2.75) is 240 Å². The van der Waals surface area contributed by atoms with Crippen LogP contribution in [-0.2, 0) is 19.1 Å². The van der Waals surface area contributed by atoms with Gasteiger partial charge in [0.25, 0.3) is 0 Å². The molecule has 1 fully saturated rings. The van der Waals surface area contributed by atoms with Crippen molar-refractivity contribution < 1.29 is 24.2 Å². The summed E-state index contributed by atoms with van der Waals surface area (Å²) in [6, 6.07) is 0. The molecule has 1 saturated carbocycles. The van der Waals surface area contributed by atoms with E-state index in [-0.39, 0.29) is 18.5 Å². The van der Waals surface area contributed by atoms with Crippen LogP contribution in [0.25, 0.3) is 0 Å². The van der Waals surface area contributed by atoms with E-state index in [4.69, 9.17) is 9.47 Å². The Morgan fingerprint density at radius 2 is 1.11 bits per heavy atom. The van der Waals surface area contributed by atoms with Gasteiger partial charge in [0, 0.05) is 13.0 Å². The minimum atomic E-state index is -0.402. The van der Waals surface area contributed by atoms with E-state index in [1.807, 2.05) is 13.8 Å². The molecule has 0 heterocycles. The Hall–Kier alpha value is -1.14. The molecule has 1 aliphatic carbocycles. The number of ether oxygens (including phenoxy) is 2. The minimum absolute atomic E-state index is 0.0225. The molecule has 1 N–H and O–H groups in total. The van der Waals surface area contributed by atoms with Crippen LogP contribution < -0.4 is 0 Å². The van der Waals surface area contributed by atoms with Crippen molar-refractivity contribution in [3.8, 4) is 0 Å². The molecular weight excluding hydrogens is 671 g/mol. The highest BCUT2D eigenvalue weighted by Crippen LogP contribution is 2.53. The first kappa shape index (κ1) is 50.9. The second-order valence-electron chi connectivity index (χ2n) is 18.1. The average molecular weight is 764 g/mol. The summed E-state index contributed by atoms with van der Waals surface area (Å²) in [5.74, 6) is 0.703. The Kier molecular flexibility index (Phi) is 32.0. The van der Waals surface area contributed by atoms with Crippen LogP contribution in [0.4, 0.5) is 0 Å². The molecule has 0 unspecified atom stereocenters. The van der Waals surface area contributed by atoms with Crippen LogP contribution in [-0.4, -0.2) is 61.4 Å². The van der Waals surface area contributed by atoms with E-state index in [0.29, 0.717) is 31.0 Å². The Balaban J connectivity index is 2.26. The normalized spacial score (nSPS) is 13.9. The zero-order valence-electron chi connectivity index (χ0n) is 37.0. The van der Waals surface area contributed by atoms with Gasteiger partial charge in [-0.25, -0.2) is 0 Å². The van der Waals surface area contributed by atoms with Crippen LogP contribution in [0.2, 0.25) is 0 Å². The lowest BCUT2D eigenvalue weighted by atomic mass is 9.87. The summed E-state index contributed by atoms with van der Waals surface area (Å²) in [6.07, 6.45) is 38.0. The predicted molar refractivity (Wildman–Crippen MR) is 230 cm³/mol. The van der Waals surface area contributed by atoms with E-state index in [1.54, 1.807) is 0 Å². The Morgan fingerprint density at radius 3 is 1.70 bits per heavy atom. The summed E-state index contributed by atoms with van der Waals surface area (Å²) in [4.78, 5) is 28.0. The van der Waals surface area contributed by atoms with Gasteiger partial charge in [0.1, 0.15) is 0 Å². The number of esters is 2. The van der Waals surface area contributed by atoms with E-state index in [1.165, 1.54) is 141 Å². The molecule has 6 heteroatoms. The third kappa shape index (κ3) is 28.3. The van der Waals surface area contributed by atoms with Crippen molar-refractivity contribution in [3.63, 3.8) is 0 Å². The number of aliphatic hydroxyl groups excluding tert-OH is 1. The molecule has 1 aliphatic rings. The van der Waals surface area contributed by atoms with Gasteiger partial charge in [-0.15, -0.1) is 0 Å². The smallest absolute Gasteiger partial charge is 0.311 e. The van der Waals surface area contributed by atoms with E-state index in [9.17, 15) is 14.7 Å². The van der Waals surface area contributed by atoms with Gasteiger partial charge >= 0.3 is 11.9 Å². The van der Waals surface area contributed by atoms with Crippen LogP contribution >= 0.6 is 0 Å². The highest BCUT2D eigenvalue weighted by Gasteiger charge is 2.41. The van der Waals surface area contributed by atoms with Gasteiger partial charge in [-0.1, -0.05) is 149 Å². The quantitative estimate of drug-likeness (QED) is 0.0494. The largest absolute Gasteiger partial charge is 0.466 e. The summed E-state index contributed by atoms with van der Waals surface area (Å²) < 4.78 is 11.4. The van der Waals surface area contributed by atoms with Gasteiger partial charge in [-0.2, -0.15) is 0 Å². The maximum absolute atomic E-state index is 12.7. The highest BCUT2D eigenvalue weighted by atomic mass is 16.5. The molecule has 0 bridgehead atoms. The maximum Gasteiger partial charge on any atom is 0.311 e. The number of rotatable bonds is 41. The van der Waals surface area contributed by atoms with Gasteiger partial charge in [-0.05, 0) is 115 Å². The third-order valence-corrected chi connectivity index (χ3v) is 12.4. The number of hydrogen-bond donors (Lipinski definition) is 1. The van der Waals surface area contributed by atoms with E-state index in [2.05, 4.69) is 25.7 Å². The summed E-state index contributed by atoms with van der Waals surface area (Å²) in [5, 5.41) is 9.35. The van der Waals surface area contributed by atoms with Crippen LogP contribution in [0.5, 0.6) is 0 Å². The van der Waals surface area contributed by atoms with Crippen molar-refractivity contribution in [1.82, 2.24) is 4.90 Å². The van der Waals surface area contributed by atoms with Gasteiger partial charge in [0.15, 0.2) is 0 Å². The summed E-state index contributed by atoms with van der Waals surface area (Å²) in [6.45, 7) is 15.6. The molecule has 0 aromatic heterocycles. The predicted octanol–water partition coefficient (Wildman–Crippen LogP) is 13.6. The fourth-order valence-electron chi connectivity index (χ4n) is 8.13. The molecule has 0 atom stereocenters. The highest BCUT2D eigenvalue weighted by molar-refractivity contribution is 5.75. The Bertz CT molecular complexity index is 859. The number of nitrogens with zero attached hydrogens (tertiary/aromatic N) is 1. The number of carbonyl (C=O) groups excluding carboxylic acids is 2. The standard InChI is InChI=1S/C48H93NO5/c1-6-9-12-15-16-19-28-42-54-46(52)47(4,5)33-22-17-18-24-38-49(40-26-27-41-50)39-25-23-34-48(36-37-48)35-31-45(51)53-43-32-44(29-20-13-10-7-2)30-21-14-11-8-3/h44,50H,6-43H2,1-5H3. The Labute approximate surface area is 336 Å². The first-order chi connectivity index (χ1) is 26.2. The fraction of sp³-hybridized carbons (Fsp3) is 0.958. The topological polar surface area (TPSA) is 76.1 Å².